The molecule has 32 heavy (non-hydrogen) atoms. The van der Waals surface area contributed by atoms with E-state index in [2.05, 4.69) is 30.5 Å². The van der Waals surface area contributed by atoms with Gasteiger partial charge in [0.15, 0.2) is 11.9 Å². The number of pyridine rings is 1. The lowest BCUT2D eigenvalue weighted by atomic mass is 10.1. The number of hydrogen-bond donors (Lipinski definition) is 2. The number of hydrogen-bond acceptors (Lipinski definition) is 8. The van der Waals surface area contributed by atoms with E-state index in [0.717, 1.165) is 18.5 Å². The molecule has 0 bridgehead atoms. The topological polar surface area (TPSA) is 113 Å². The number of ether oxygens (including phenoxy) is 1. The van der Waals surface area contributed by atoms with Gasteiger partial charge in [0.25, 0.3) is 11.8 Å². The fourth-order valence-corrected chi connectivity index (χ4v) is 4.03. The molecular weight excluding hydrogens is 417 g/mol. The molecule has 2 aliphatic heterocycles. The maximum absolute atomic E-state index is 14.4. The van der Waals surface area contributed by atoms with E-state index in [1.54, 1.807) is 6.20 Å². The lowest BCUT2D eigenvalue weighted by Crippen LogP contribution is -2.46. The largest absolute Gasteiger partial charge is 0.476 e. The molecule has 3 aliphatic rings. The van der Waals surface area contributed by atoms with Crippen LogP contribution in [0.5, 0.6) is 5.75 Å². The SMILES string of the molecule is CNC(=O)c1ncc(N2CCN(Cc3cc4c(cn3)OC(C3CC3)C(=O)N4)CC2)c(F)n1. The molecule has 11 heteroatoms. The van der Waals surface area contributed by atoms with Gasteiger partial charge in [-0.25, -0.2) is 4.98 Å². The zero-order chi connectivity index (χ0) is 22.2. The molecule has 2 aromatic heterocycles. The average molecular weight is 441 g/mol. The highest BCUT2D eigenvalue weighted by Crippen LogP contribution is 2.39. The molecule has 168 valence electrons. The molecule has 0 radical (unpaired) electrons. The van der Waals surface area contributed by atoms with Crippen LogP contribution in [0.2, 0.25) is 0 Å². The zero-order valence-corrected chi connectivity index (χ0v) is 17.7. The molecule has 1 unspecified atom stereocenters. The minimum absolute atomic E-state index is 0.0857. The second-order valence-electron chi connectivity index (χ2n) is 8.25. The summed E-state index contributed by atoms with van der Waals surface area (Å²) in [6.07, 6.45) is 4.68. The van der Waals surface area contributed by atoms with E-state index in [1.807, 2.05) is 11.0 Å². The van der Waals surface area contributed by atoms with Gasteiger partial charge in [0.2, 0.25) is 11.8 Å². The van der Waals surface area contributed by atoms with E-state index in [-0.39, 0.29) is 17.4 Å². The van der Waals surface area contributed by atoms with Gasteiger partial charge in [0.1, 0.15) is 5.69 Å². The Morgan fingerprint density at radius 2 is 2.03 bits per heavy atom. The first-order chi connectivity index (χ1) is 15.5. The van der Waals surface area contributed by atoms with Crippen LogP contribution in [0.3, 0.4) is 0 Å². The van der Waals surface area contributed by atoms with Crippen molar-refractivity contribution in [2.45, 2.75) is 25.5 Å². The summed E-state index contributed by atoms with van der Waals surface area (Å²) in [6, 6.07) is 1.85. The molecule has 2 amide bonds. The van der Waals surface area contributed by atoms with Crippen molar-refractivity contribution in [2.75, 3.05) is 43.4 Å². The van der Waals surface area contributed by atoms with Gasteiger partial charge in [-0.2, -0.15) is 9.37 Å². The van der Waals surface area contributed by atoms with Crippen molar-refractivity contribution in [2.24, 2.45) is 5.92 Å². The van der Waals surface area contributed by atoms with Crippen molar-refractivity contribution in [3.8, 4) is 5.75 Å². The van der Waals surface area contributed by atoms with E-state index < -0.39 is 18.0 Å². The highest BCUT2D eigenvalue weighted by molar-refractivity contribution is 5.98. The van der Waals surface area contributed by atoms with Crippen LogP contribution in [-0.2, 0) is 11.3 Å². The molecule has 5 rings (SSSR count). The van der Waals surface area contributed by atoms with Crippen LogP contribution in [-0.4, -0.2) is 71.0 Å². The van der Waals surface area contributed by atoms with E-state index in [4.69, 9.17) is 4.74 Å². The van der Waals surface area contributed by atoms with Crippen molar-refractivity contribution >= 4 is 23.2 Å². The van der Waals surface area contributed by atoms with Gasteiger partial charge >= 0.3 is 0 Å². The maximum atomic E-state index is 14.4. The van der Waals surface area contributed by atoms with Gasteiger partial charge in [-0.05, 0) is 18.9 Å². The van der Waals surface area contributed by atoms with Crippen molar-refractivity contribution in [1.29, 1.82) is 0 Å². The Morgan fingerprint density at radius 1 is 1.25 bits per heavy atom. The van der Waals surface area contributed by atoms with Gasteiger partial charge in [0.05, 0.1) is 23.8 Å². The van der Waals surface area contributed by atoms with Crippen LogP contribution in [0.1, 0.15) is 29.2 Å². The molecule has 1 saturated carbocycles. The monoisotopic (exact) mass is 441 g/mol. The van der Waals surface area contributed by atoms with Gasteiger partial charge in [-0.3, -0.25) is 19.5 Å². The lowest BCUT2D eigenvalue weighted by Gasteiger charge is -2.35. The second-order valence-corrected chi connectivity index (χ2v) is 8.25. The van der Waals surface area contributed by atoms with Crippen LogP contribution in [0, 0.1) is 11.9 Å². The minimum Gasteiger partial charge on any atom is -0.476 e. The molecule has 2 aromatic rings. The second kappa shape index (κ2) is 8.30. The zero-order valence-electron chi connectivity index (χ0n) is 17.7. The molecule has 2 N–H and O–H groups in total. The number of nitrogens with one attached hydrogen (secondary N) is 2. The Balaban J connectivity index is 1.19. The highest BCUT2D eigenvalue weighted by atomic mass is 19.1. The van der Waals surface area contributed by atoms with Crippen LogP contribution in [0.15, 0.2) is 18.5 Å². The van der Waals surface area contributed by atoms with E-state index >= 15 is 0 Å². The average Bonchev–Trinajstić information content (AvgIpc) is 3.64. The van der Waals surface area contributed by atoms with Gasteiger partial charge in [0, 0.05) is 45.7 Å². The summed E-state index contributed by atoms with van der Waals surface area (Å²) in [5.74, 6) is -0.575. The van der Waals surface area contributed by atoms with Crippen LogP contribution in [0.25, 0.3) is 0 Å². The van der Waals surface area contributed by atoms with E-state index in [0.29, 0.717) is 50.1 Å². The van der Waals surface area contributed by atoms with Gasteiger partial charge in [-0.15, -0.1) is 0 Å². The number of aromatic nitrogens is 3. The van der Waals surface area contributed by atoms with Crippen LogP contribution in [0.4, 0.5) is 15.8 Å². The van der Waals surface area contributed by atoms with E-state index in [9.17, 15) is 14.0 Å². The summed E-state index contributed by atoms with van der Waals surface area (Å²) < 4.78 is 20.3. The first-order valence-electron chi connectivity index (χ1n) is 10.7. The molecule has 4 heterocycles. The third kappa shape index (κ3) is 4.07. The first-order valence-corrected chi connectivity index (χ1v) is 10.7. The number of piperazine rings is 1. The maximum Gasteiger partial charge on any atom is 0.288 e. The Morgan fingerprint density at radius 3 is 2.72 bits per heavy atom. The number of rotatable bonds is 5. The molecule has 0 aromatic carbocycles. The van der Waals surface area contributed by atoms with Crippen LogP contribution < -0.4 is 20.3 Å². The smallest absolute Gasteiger partial charge is 0.288 e. The number of fused-ring (bicyclic) bond motifs is 1. The molecule has 0 spiro atoms. The van der Waals surface area contributed by atoms with E-state index in [1.165, 1.54) is 13.2 Å². The fraction of sp³-hybridized carbons (Fsp3) is 0.476. The molecule has 1 saturated heterocycles. The molecule has 1 atom stereocenters. The van der Waals surface area contributed by atoms with Crippen molar-refractivity contribution < 1.29 is 18.7 Å². The number of nitrogens with zero attached hydrogens (tertiary/aromatic N) is 5. The molecule has 2 fully saturated rings. The number of halogens is 1. The fourth-order valence-electron chi connectivity index (χ4n) is 4.03. The normalized spacial score (nSPS) is 20.9. The Kier molecular flexibility index (Phi) is 5.33. The first kappa shape index (κ1) is 20.6. The van der Waals surface area contributed by atoms with Crippen LogP contribution >= 0.6 is 0 Å². The quantitative estimate of drug-likeness (QED) is 0.656. The standard InChI is InChI=1S/C21H24FN7O3/c1-23-21(31)19-25-9-15(18(22)27-19)29-6-4-28(5-7-29)11-13-8-14-16(10-24-13)32-17(12-2-3-12)20(30)26-14/h8-10,12,17H,2-7,11H2,1H3,(H,23,31)(H,26,30). The summed E-state index contributed by atoms with van der Waals surface area (Å²) in [5.41, 5.74) is 1.77. The Labute approximate surface area is 184 Å². The van der Waals surface area contributed by atoms with Gasteiger partial charge < -0.3 is 20.3 Å². The minimum atomic E-state index is -0.705. The lowest BCUT2D eigenvalue weighted by molar-refractivity contribution is -0.124. The van der Waals surface area contributed by atoms with Gasteiger partial charge in [-0.1, -0.05) is 0 Å². The number of anilines is 2. The van der Waals surface area contributed by atoms with Crippen molar-refractivity contribution in [3.63, 3.8) is 0 Å². The summed E-state index contributed by atoms with van der Waals surface area (Å²) in [7, 11) is 1.44. The Bertz CT molecular complexity index is 1050. The molecule has 1 aliphatic carbocycles. The van der Waals surface area contributed by atoms with Crippen molar-refractivity contribution in [3.05, 3.63) is 35.9 Å². The number of carbonyl (C=O) groups is 2. The third-order valence-electron chi connectivity index (χ3n) is 6.00. The summed E-state index contributed by atoms with van der Waals surface area (Å²) >= 11 is 0. The Hall–Kier alpha value is -3.34. The van der Waals surface area contributed by atoms with Crippen molar-refractivity contribution in [1.82, 2.24) is 25.2 Å². The summed E-state index contributed by atoms with van der Waals surface area (Å²) in [4.78, 5) is 40.1. The third-order valence-corrected chi connectivity index (χ3v) is 6.00. The number of amides is 2. The predicted molar refractivity (Wildman–Crippen MR) is 113 cm³/mol. The predicted octanol–water partition coefficient (Wildman–Crippen LogP) is 0.802. The summed E-state index contributed by atoms with van der Waals surface area (Å²) in [5, 5.41) is 5.33. The molecule has 10 nitrogen and oxygen atoms in total. The number of carbonyl (C=O) groups excluding carboxylic acids is 2. The highest BCUT2D eigenvalue weighted by Gasteiger charge is 2.41. The molecular formula is C21H24FN7O3. The summed E-state index contributed by atoms with van der Waals surface area (Å²) in [6.45, 7) is 3.18.